The van der Waals surface area contributed by atoms with E-state index in [2.05, 4.69) is 102 Å². The maximum Gasteiger partial charge on any atom is 5.00 e. The molecule has 2 aromatic carbocycles. The van der Waals surface area contributed by atoms with Gasteiger partial charge in [-0.2, -0.15) is 0 Å². The Balaban J connectivity index is 0. The first-order chi connectivity index (χ1) is 18.2. The molecule has 0 amide bonds. The fraction of sp³-hybridized carbons (Fsp3) is 0.324. The number of hydrogen-bond acceptors (Lipinski definition) is 2. The maximum atomic E-state index is 4.77. The quantitative estimate of drug-likeness (QED) is 0.169. The molecule has 2 aromatic heterocycles. The van der Waals surface area contributed by atoms with E-state index in [4.69, 9.17) is 10.6 Å². The van der Waals surface area contributed by atoms with Crippen molar-refractivity contribution in [2.75, 3.05) is 0 Å². The molecule has 0 spiro atoms. The molecule has 0 fully saturated rings. The summed E-state index contributed by atoms with van der Waals surface area (Å²) in [5.41, 5.74) is 7.33. The van der Waals surface area contributed by atoms with Crippen LogP contribution in [-0.4, -0.2) is 9.97 Å². The van der Waals surface area contributed by atoms with Gasteiger partial charge in [0.1, 0.15) is 0 Å². The molecular formula is C37H51N4Ta. The molecule has 0 bridgehead atoms. The van der Waals surface area contributed by atoms with Crippen LogP contribution in [0.3, 0.4) is 0 Å². The van der Waals surface area contributed by atoms with Crippen LogP contribution < -0.4 is 0 Å². The van der Waals surface area contributed by atoms with E-state index in [1.807, 2.05) is 36.4 Å². The van der Waals surface area contributed by atoms with Gasteiger partial charge in [-0.1, -0.05) is 152 Å². The smallest absolute Gasteiger partial charge is 0.443 e. The van der Waals surface area contributed by atoms with Gasteiger partial charge >= 0.3 is 22.4 Å². The number of pyridine rings is 2. The van der Waals surface area contributed by atoms with E-state index in [9.17, 15) is 0 Å². The van der Waals surface area contributed by atoms with E-state index >= 15 is 0 Å². The number of aromatic nitrogens is 2. The average molecular weight is 733 g/mol. The number of nitrogens with zero attached hydrogens (tertiary/aromatic N) is 4. The van der Waals surface area contributed by atoms with Gasteiger partial charge in [-0.05, 0) is 57.3 Å². The molecule has 4 aromatic rings. The number of benzene rings is 2. The van der Waals surface area contributed by atoms with E-state index < -0.39 is 0 Å². The van der Waals surface area contributed by atoms with Gasteiger partial charge in [-0.25, -0.2) is 0 Å². The molecule has 224 valence electrons. The second-order valence-corrected chi connectivity index (χ2v) is 10.8. The van der Waals surface area contributed by atoms with Crippen molar-refractivity contribution in [1.29, 1.82) is 0 Å². The normalized spacial score (nSPS) is 10.0. The molecule has 0 saturated carbocycles. The first kappa shape index (κ1) is 41.2. The van der Waals surface area contributed by atoms with Gasteiger partial charge in [0, 0.05) is 0 Å². The SMILES string of the molecule is CC(C)c1cccc(C(C)C)c1[N-]c1ccccn1.CC(C)c1cccc(C(C)C)c1[N-]c1ccccn1.[CH3-].[CH3-].[CH3-].[Ta+5]. The Labute approximate surface area is 273 Å². The zero-order valence-electron chi connectivity index (χ0n) is 27.6. The van der Waals surface area contributed by atoms with Gasteiger partial charge < -0.3 is 42.9 Å². The van der Waals surface area contributed by atoms with Gasteiger partial charge in [0.2, 0.25) is 0 Å². The minimum absolute atomic E-state index is 0. The molecule has 4 nitrogen and oxygen atoms in total. The summed E-state index contributed by atoms with van der Waals surface area (Å²) in [4.78, 5) is 8.62. The Morgan fingerprint density at radius 3 is 0.929 bits per heavy atom. The summed E-state index contributed by atoms with van der Waals surface area (Å²) in [6.45, 7) is 17.6. The predicted octanol–water partition coefficient (Wildman–Crippen LogP) is 12.7. The molecule has 0 saturated heterocycles. The monoisotopic (exact) mass is 732 g/mol. The second kappa shape index (κ2) is 20.1. The molecule has 4 rings (SSSR count). The largest absolute Gasteiger partial charge is 5.00 e. The topological polar surface area (TPSA) is 54.0 Å². The van der Waals surface area contributed by atoms with Crippen molar-refractivity contribution in [3.63, 3.8) is 0 Å². The van der Waals surface area contributed by atoms with Crippen molar-refractivity contribution < 1.29 is 22.4 Å². The number of hydrogen-bond donors (Lipinski definition) is 0. The molecular weight excluding hydrogens is 681 g/mol. The zero-order chi connectivity index (χ0) is 27.7. The van der Waals surface area contributed by atoms with Crippen molar-refractivity contribution in [2.45, 2.75) is 79.1 Å². The Morgan fingerprint density at radius 2 is 0.714 bits per heavy atom. The van der Waals surface area contributed by atoms with E-state index in [-0.39, 0.29) is 44.7 Å². The minimum atomic E-state index is 0. The Morgan fingerprint density at radius 1 is 0.429 bits per heavy atom. The first-order valence-corrected chi connectivity index (χ1v) is 13.7. The molecule has 0 N–H and O–H groups in total. The molecule has 0 radical (unpaired) electrons. The molecule has 0 aliphatic heterocycles. The van der Waals surface area contributed by atoms with Gasteiger partial charge in [0.05, 0.1) is 0 Å². The van der Waals surface area contributed by atoms with Crippen LogP contribution in [-0.2, 0) is 22.4 Å². The molecule has 5 heteroatoms. The molecule has 42 heavy (non-hydrogen) atoms. The van der Waals surface area contributed by atoms with Crippen molar-refractivity contribution in [3.05, 3.63) is 140 Å². The fourth-order valence-corrected chi connectivity index (χ4v) is 4.35. The van der Waals surface area contributed by atoms with Crippen LogP contribution in [0.15, 0.2) is 85.2 Å². The van der Waals surface area contributed by atoms with E-state index in [0.717, 1.165) is 23.0 Å². The molecule has 0 unspecified atom stereocenters. The van der Waals surface area contributed by atoms with Gasteiger partial charge in [0.15, 0.2) is 0 Å². The third-order valence-electron chi connectivity index (χ3n) is 6.44. The average Bonchev–Trinajstić information content (AvgIpc) is 2.90. The summed E-state index contributed by atoms with van der Waals surface area (Å²) in [6, 6.07) is 24.6. The Bertz CT molecular complexity index is 1120. The van der Waals surface area contributed by atoms with Crippen LogP contribution in [0.1, 0.15) is 101 Å². The van der Waals surface area contributed by atoms with Crippen LogP contribution in [0.2, 0.25) is 0 Å². The zero-order valence-corrected chi connectivity index (χ0v) is 30.8. The van der Waals surface area contributed by atoms with Crippen molar-refractivity contribution in [3.8, 4) is 0 Å². The Kier molecular flexibility index (Phi) is 19.7. The Hall–Kier alpha value is -2.92. The predicted molar refractivity (Wildman–Crippen MR) is 182 cm³/mol. The van der Waals surface area contributed by atoms with Crippen molar-refractivity contribution in [2.24, 2.45) is 0 Å². The third kappa shape index (κ3) is 11.4. The van der Waals surface area contributed by atoms with E-state index in [1.54, 1.807) is 12.4 Å². The molecule has 0 aliphatic rings. The summed E-state index contributed by atoms with van der Waals surface area (Å²) >= 11 is 0. The van der Waals surface area contributed by atoms with Gasteiger partial charge in [0.25, 0.3) is 0 Å². The maximum absolute atomic E-state index is 4.77. The summed E-state index contributed by atoms with van der Waals surface area (Å²) < 4.78 is 0. The molecule has 0 aliphatic carbocycles. The summed E-state index contributed by atoms with van der Waals surface area (Å²) in [5.74, 6) is 3.39. The van der Waals surface area contributed by atoms with Crippen molar-refractivity contribution in [1.82, 2.24) is 9.97 Å². The minimum Gasteiger partial charge on any atom is -0.443 e. The summed E-state index contributed by atoms with van der Waals surface area (Å²) in [6.07, 6.45) is 3.57. The summed E-state index contributed by atoms with van der Waals surface area (Å²) in [7, 11) is 0. The fourth-order valence-electron chi connectivity index (χ4n) is 4.35. The van der Waals surface area contributed by atoms with Gasteiger partial charge in [-0.3, -0.25) is 0 Å². The van der Waals surface area contributed by atoms with E-state index in [1.165, 1.54) is 22.3 Å². The van der Waals surface area contributed by atoms with Crippen LogP contribution >= 0.6 is 0 Å². The molecule has 0 atom stereocenters. The first-order valence-electron chi connectivity index (χ1n) is 13.7. The standard InChI is InChI=1S/2C17H21N2.3CH3.Ta/c2*1-12(2)14-8-7-9-15(13(3)4)17(14)19-16-10-5-6-11-18-16;;;;/h2*5-13H,1-4H3;3*1H3;/q5*-1;+5. The van der Waals surface area contributed by atoms with Crippen LogP contribution in [0.4, 0.5) is 23.0 Å². The van der Waals surface area contributed by atoms with Crippen molar-refractivity contribution >= 4 is 23.0 Å². The van der Waals surface area contributed by atoms with Gasteiger partial charge in [-0.15, -0.1) is 0 Å². The van der Waals surface area contributed by atoms with E-state index in [0.29, 0.717) is 23.7 Å². The molecule has 2 heterocycles. The van der Waals surface area contributed by atoms with Crippen LogP contribution in [0.25, 0.3) is 10.6 Å². The van der Waals surface area contributed by atoms with Crippen LogP contribution in [0.5, 0.6) is 0 Å². The summed E-state index contributed by atoms with van der Waals surface area (Å²) in [5, 5.41) is 9.54. The number of para-hydroxylation sites is 2. The third-order valence-corrected chi connectivity index (χ3v) is 6.44. The number of rotatable bonds is 8. The van der Waals surface area contributed by atoms with Crippen LogP contribution in [0, 0.1) is 22.3 Å². The second-order valence-electron chi connectivity index (χ2n) is 10.8.